The van der Waals surface area contributed by atoms with Crippen molar-refractivity contribution in [3.8, 4) is 0 Å². The van der Waals surface area contributed by atoms with Crippen LogP contribution >= 0.6 is 0 Å². The molecule has 0 aromatic heterocycles. The second kappa shape index (κ2) is 3.29. The fourth-order valence-electron chi connectivity index (χ4n) is 2.81. The van der Waals surface area contributed by atoms with E-state index in [0.29, 0.717) is 5.78 Å². The van der Waals surface area contributed by atoms with Gasteiger partial charge < -0.3 is 0 Å². The molecule has 14 heavy (non-hydrogen) atoms. The molecular formula is C10H15NO3. The van der Waals surface area contributed by atoms with Crippen LogP contribution in [0, 0.1) is 5.92 Å². The van der Waals surface area contributed by atoms with Crippen LogP contribution in [0.5, 0.6) is 0 Å². The number of hydrogen-bond acceptors (Lipinski definition) is 4. The van der Waals surface area contributed by atoms with E-state index in [1.807, 2.05) is 0 Å². The van der Waals surface area contributed by atoms with Crippen molar-refractivity contribution < 1.29 is 14.5 Å². The summed E-state index contributed by atoms with van der Waals surface area (Å²) in [5.41, 5.74) is 0. The number of carbonyl (C=O) groups is 1. The highest BCUT2D eigenvalue weighted by Gasteiger charge is 2.50. The molecule has 2 aliphatic heterocycles. The molecule has 0 radical (unpaired) electrons. The zero-order valence-corrected chi connectivity index (χ0v) is 8.15. The average Bonchev–Trinajstić information content (AvgIpc) is 2.57. The van der Waals surface area contributed by atoms with Gasteiger partial charge >= 0.3 is 0 Å². The Balaban J connectivity index is 1.83. The fraction of sp³-hybridized carbons (Fsp3) is 0.900. The Labute approximate surface area is 83.1 Å². The number of ketones is 1. The van der Waals surface area contributed by atoms with Gasteiger partial charge in [-0.15, -0.1) is 0 Å². The van der Waals surface area contributed by atoms with Crippen molar-refractivity contribution in [3.63, 3.8) is 0 Å². The van der Waals surface area contributed by atoms with Gasteiger partial charge in [0.25, 0.3) is 0 Å². The van der Waals surface area contributed by atoms with E-state index < -0.39 is 0 Å². The fourth-order valence-corrected chi connectivity index (χ4v) is 2.81. The molecule has 0 amide bonds. The van der Waals surface area contributed by atoms with E-state index in [1.54, 1.807) is 5.23 Å². The third kappa shape index (κ3) is 1.21. The first-order valence-corrected chi connectivity index (χ1v) is 5.48. The van der Waals surface area contributed by atoms with Gasteiger partial charge in [0, 0.05) is 6.42 Å². The maximum Gasteiger partial charge on any atom is 0.140 e. The molecule has 0 aromatic carbocycles. The summed E-state index contributed by atoms with van der Waals surface area (Å²) < 4.78 is 0. The van der Waals surface area contributed by atoms with Gasteiger partial charge in [-0.25, -0.2) is 0 Å². The van der Waals surface area contributed by atoms with E-state index >= 15 is 0 Å². The Kier molecular flexibility index (Phi) is 2.08. The first-order valence-electron chi connectivity index (χ1n) is 5.48. The van der Waals surface area contributed by atoms with Crippen molar-refractivity contribution in [1.82, 2.24) is 5.23 Å². The molecule has 3 aliphatic rings. The predicted octanol–water partition coefficient (Wildman–Crippen LogP) is 1.07. The lowest BCUT2D eigenvalue weighted by Crippen LogP contribution is -2.40. The van der Waals surface area contributed by atoms with E-state index in [4.69, 9.17) is 9.68 Å². The first kappa shape index (κ1) is 8.83. The number of fused-ring (bicyclic) bond motifs is 3. The topological polar surface area (TPSA) is 38.8 Å². The van der Waals surface area contributed by atoms with Gasteiger partial charge in [0.15, 0.2) is 0 Å². The summed E-state index contributed by atoms with van der Waals surface area (Å²) in [6.07, 6.45) is 4.88. The second-order valence-electron chi connectivity index (χ2n) is 4.36. The van der Waals surface area contributed by atoms with Gasteiger partial charge in [0.05, 0.1) is 24.7 Å². The van der Waals surface area contributed by atoms with Crippen molar-refractivity contribution >= 4 is 5.78 Å². The zero-order valence-electron chi connectivity index (χ0n) is 8.15. The van der Waals surface area contributed by atoms with Gasteiger partial charge in [0.2, 0.25) is 0 Å². The van der Waals surface area contributed by atoms with Crippen molar-refractivity contribution in [2.45, 2.75) is 44.2 Å². The quantitative estimate of drug-likeness (QED) is 0.582. The molecule has 4 heteroatoms. The molecule has 0 spiro atoms. The molecule has 0 unspecified atom stereocenters. The standard InChI is InChI=1S/C10H15NO3/c12-8-4-1-5-9-10(8)7-3-2-6-13-11(7)14-9/h7,9-10H,1-6H2/t7-,9-,10+/m0/s1. The Hall–Kier alpha value is -0.450. The molecule has 0 bridgehead atoms. The zero-order chi connectivity index (χ0) is 9.54. The Morgan fingerprint density at radius 3 is 3.14 bits per heavy atom. The molecule has 3 atom stereocenters. The lowest BCUT2D eigenvalue weighted by atomic mass is 9.80. The van der Waals surface area contributed by atoms with Gasteiger partial charge in [-0.1, -0.05) is 5.23 Å². The molecule has 4 nitrogen and oxygen atoms in total. The first-order chi connectivity index (χ1) is 6.86. The third-order valence-corrected chi connectivity index (χ3v) is 3.47. The molecule has 3 rings (SSSR count). The predicted molar refractivity (Wildman–Crippen MR) is 48.0 cm³/mol. The van der Waals surface area contributed by atoms with Crippen molar-refractivity contribution in [2.75, 3.05) is 6.61 Å². The third-order valence-electron chi connectivity index (χ3n) is 3.47. The molecule has 78 valence electrons. The van der Waals surface area contributed by atoms with Crippen molar-refractivity contribution in [3.05, 3.63) is 0 Å². The minimum Gasteiger partial charge on any atom is -0.299 e. The number of carbonyl (C=O) groups excluding carboxylic acids is 1. The van der Waals surface area contributed by atoms with Crippen LogP contribution in [0.15, 0.2) is 0 Å². The SMILES string of the molecule is O=C1CCC[C@@H]2ON3OCCC[C@H]3[C@H]12. The number of Topliss-reactive ketones (excluding diaryl/α,β-unsaturated/α-hetero) is 1. The highest BCUT2D eigenvalue weighted by molar-refractivity contribution is 5.83. The lowest BCUT2D eigenvalue weighted by Gasteiger charge is -2.28. The normalized spacial score (nSPS) is 43.4. The van der Waals surface area contributed by atoms with Crippen LogP contribution in [-0.2, 0) is 14.5 Å². The Bertz CT molecular complexity index is 256. The van der Waals surface area contributed by atoms with Crippen LogP contribution in [0.2, 0.25) is 0 Å². The summed E-state index contributed by atoms with van der Waals surface area (Å²) in [6, 6.07) is 0.196. The van der Waals surface area contributed by atoms with Crippen LogP contribution < -0.4 is 0 Å². The highest BCUT2D eigenvalue weighted by Crippen LogP contribution is 2.39. The van der Waals surface area contributed by atoms with Gasteiger partial charge in [-0.3, -0.25) is 14.5 Å². The molecule has 1 aliphatic carbocycles. The highest BCUT2D eigenvalue weighted by atomic mass is 17.0. The largest absolute Gasteiger partial charge is 0.299 e. The van der Waals surface area contributed by atoms with Gasteiger partial charge in [-0.05, 0) is 25.7 Å². The van der Waals surface area contributed by atoms with Gasteiger partial charge in [0.1, 0.15) is 5.78 Å². The Morgan fingerprint density at radius 1 is 1.29 bits per heavy atom. The summed E-state index contributed by atoms with van der Waals surface area (Å²) >= 11 is 0. The molecule has 0 aromatic rings. The van der Waals surface area contributed by atoms with Crippen molar-refractivity contribution in [1.29, 1.82) is 0 Å². The van der Waals surface area contributed by atoms with Crippen LogP contribution in [0.3, 0.4) is 0 Å². The molecule has 2 saturated heterocycles. The summed E-state index contributed by atoms with van der Waals surface area (Å²) in [7, 11) is 0. The van der Waals surface area contributed by atoms with Crippen LogP contribution in [0.4, 0.5) is 0 Å². The van der Waals surface area contributed by atoms with Crippen LogP contribution in [-0.4, -0.2) is 29.8 Å². The van der Waals surface area contributed by atoms with Gasteiger partial charge in [-0.2, -0.15) is 0 Å². The van der Waals surface area contributed by atoms with Crippen LogP contribution in [0.1, 0.15) is 32.1 Å². The smallest absolute Gasteiger partial charge is 0.140 e. The summed E-state index contributed by atoms with van der Waals surface area (Å²) in [5.74, 6) is 0.461. The molecule has 1 saturated carbocycles. The van der Waals surface area contributed by atoms with E-state index in [1.165, 1.54) is 0 Å². The molecular weight excluding hydrogens is 182 g/mol. The van der Waals surface area contributed by atoms with E-state index in [2.05, 4.69) is 0 Å². The molecule has 3 fully saturated rings. The number of nitrogens with zero attached hydrogens (tertiary/aromatic N) is 1. The van der Waals surface area contributed by atoms with E-state index in [0.717, 1.165) is 38.7 Å². The lowest BCUT2D eigenvalue weighted by molar-refractivity contribution is -0.381. The van der Waals surface area contributed by atoms with E-state index in [-0.39, 0.29) is 18.1 Å². The summed E-state index contributed by atoms with van der Waals surface area (Å²) in [4.78, 5) is 22.8. The number of hydrogen-bond donors (Lipinski definition) is 0. The maximum absolute atomic E-state index is 11.8. The van der Waals surface area contributed by atoms with E-state index in [9.17, 15) is 4.79 Å². The molecule has 0 N–H and O–H groups in total. The number of hydroxylamine groups is 2. The molecule has 2 heterocycles. The minimum atomic E-state index is 0.0871. The maximum atomic E-state index is 11.8. The number of rotatable bonds is 0. The summed E-state index contributed by atoms with van der Waals surface area (Å²) in [6.45, 7) is 0.726. The monoisotopic (exact) mass is 197 g/mol. The van der Waals surface area contributed by atoms with Crippen LogP contribution in [0.25, 0.3) is 0 Å². The minimum absolute atomic E-state index is 0.0871. The summed E-state index contributed by atoms with van der Waals surface area (Å²) in [5, 5.41) is 1.60. The Morgan fingerprint density at radius 2 is 2.21 bits per heavy atom. The average molecular weight is 197 g/mol. The van der Waals surface area contributed by atoms with Crippen molar-refractivity contribution in [2.24, 2.45) is 5.92 Å². The second-order valence-corrected chi connectivity index (χ2v) is 4.36.